The topological polar surface area (TPSA) is 61.6 Å². The molecule has 1 saturated carbocycles. The summed E-state index contributed by atoms with van der Waals surface area (Å²) in [6.07, 6.45) is 7.02. The van der Waals surface area contributed by atoms with Gasteiger partial charge in [0.15, 0.2) is 6.29 Å². The molecule has 1 heterocycles. The second-order valence-corrected chi connectivity index (χ2v) is 6.98. The van der Waals surface area contributed by atoms with Crippen molar-refractivity contribution < 1.29 is 14.4 Å². The van der Waals surface area contributed by atoms with Gasteiger partial charge in [-0.25, -0.2) is 0 Å². The molecule has 5 heteroatoms. The quantitative estimate of drug-likeness (QED) is 0.561. The highest BCUT2D eigenvalue weighted by Crippen LogP contribution is 2.44. The third kappa shape index (κ3) is 3.47. The molecule has 0 aromatic heterocycles. The summed E-state index contributed by atoms with van der Waals surface area (Å²) in [5, 5.41) is 10.8. The van der Waals surface area contributed by atoms with Gasteiger partial charge in [-0.1, -0.05) is 39.5 Å². The number of hydrogen-bond acceptors (Lipinski definition) is 4. The van der Waals surface area contributed by atoms with Crippen molar-refractivity contribution in [2.45, 2.75) is 70.9 Å². The van der Waals surface area contributed by atoms with Crippen molar-refractivity contribution in [2.75, 3.05) is 0 Å². The predicted octanol–water partition coefficient (Wildman–Crippen LogP) is 5.00. The van der Waals surface area contributed by atoms with Crippen molar-refractivity contribution in [3.63, 3.8) is 0 Å². The molecule has 0 radical (unpaired) electrons. The molecular formula is C19H27NO4. The van der Waals surface area contributed by atoms with Crippen LogP contribution in [0.4, 0.5) is 5.69 Å². The Labute approximate surface area is 143 Å². The van der Waals surface area contributed by atoms with Crippen LogP contribution in [0.3, 0.4) is 0 Å². The Bertz CT molecular complexity index is 555. The molecule has 1 aromatic rings. The number of rotatable bonds is 5. The number of non-ortho nitro benzene ring substituents is 1. The molecule has 0 N–H and O–H groups in total. The molecule has 5 nitrogen and oxygen atoms in total. The number of ether oxygens (including phenoxy) is 2. The van der Waals surface area contributed by atoms with Crippen LogP contribution in [0.15, 0.2) is 24.3 Å². The lowest BCUT2D eigenvalue weighted by Crippen LogP contribution is -2.47. The second-order valence-electron chi connectivity index (χ2n) is 6.98. The van der Waals surface area contributed by atoms with Gasteiger partial charge in [0.25, 0.3) is 5.69 Å². The van der Waals surface area contributed by atoms with Crippen molar-refractivity contribution in [3.8, 4) is 0 Å². The van der Waals surface area contributed by atoms with Crippen molar-refractivity contribution in [1.29, 1.82) is 0 Å². The minimum Gasteiger partial charge on any atom is -0.345 e. The Kier molecular flexibility index (Phi) is 5.51. The number of fused-ring (bicyclic) bond motifs is 1. The first kappa shape index (κ1) is 17.4. The summed E-state index contributed by atoms with van der Waals surface area (Å²) < 4.78 is 12.6. The van der Waals surface area contributed by atoms with Crippen molar-refractivity contribution in [3.05, 3.63) is 39.9 Å². The Hall–Kier alpha value is -1.46. The first-order valence-corrected chi connectivity index (χ1v) is 9.19. The van der Waals surface area contributed by atoms with E-state index in [9.17, 15) is 10.1 Å². The van der Waals surface area contributed by atoms with Crippen LogP contribution in [0.2, 0.25) is 0 Å². The fourth-order valence-electron chi connectivity index (χ4n) is 4.23. The largest absolute Gasteiger partial charge is 0.345 e. The second kappa shape index (κ2) is 7.62. The highest BCUT2D eigenvalue weighted by atomic mass is 16.7. The molecule has 2 aliphatic rings. The molecule has 0 unspecified atom stereocenters. The maximum atomic E-state index is 10.8. The molecule has 1 aromatic carbocycles. The van der Waals surface area contributed by atoms with Gasteiger partial charge in [-0.2, -0.15) is 0 Å². The van der Waals surface area contributed by atoms with Gasteiger partial charge in [-0.15, -0.1) is 0 Å². The van der Waals surface area contributed by atoms with Gasteiger partial charge in [0.2, 0.25) is 0 Å². The lowest BCUT2D eigenvalue weighted by atomic mass is 9.76. The highest BCUT2D eigenvalue weighted by Gasteiger charge is 2.43. The zero-order valence-electron chi connectivity index (χ0n) is 14.5. The van der Waals surface area contributed by atoms with Gasteiger partial charge < -0.3 is 9.47 Å². The summed E-state index contributed by atoms with van der Waals surface area (Å²) in [5.41, 5.74) is 0.974. The summed E-state index contributed by atoms with van der Waals surface area (Å²) in [6.45, 7) is 4.46. The van der Waals surface area contributed by atoms with E-state index >= 15 is 0 Å². The van der Waals surface area contributed by atoms with Gasteiger partial charge in [0.1, 0.15) is 0 Å². The number of benzene rings is 1. The van der Waals surface area contributed by atoms with E-state index in [1.807, 2.05) is 0 Å². The Balaban J connectivity index is 1.82. The van der Waals surface area contributed by atoms with Crippen LogP contribution in [0, 0.1) is 22.0 Å². The molecule has 0 spiro atoms. The first-order chi connectivity index (χ1) is 11.6. The number of hydrogen-bond donors (Lipinski definition) is 0. The van der Waals surface area contributed by atoms with E-state index in [2.05, 4.69) is 13.8 Å². The zero-order chi connectivity index (χ0) is 17.1. The summed E-state index contributed by atoms with van der Waals surface area (Å²) >= 11 is 0. The average molecular weight is 333 g/mol. The van der Waals surface area contributed by atoms with Crippen LogP contribution in [0.5, 0.6) is 0 Å². The van der Waals surface area contributed by atoms with Crippen LogP contribution in [-0.4, -0.2) is 17.1 Å². The molecule has 0 amide bonds. The van der Waals surface area contributed by atoms with Gasteiger partial charge >= 0.3 is 0 Å². The van der Waals surface area contributed by atoms with Gasteiger partial charge in [0.05, 0.1) is 17.1 Å². The van der Waals surface area contributed by atoms with Crippen molar-refractivity contribution in [2.24, 2.45) is 11.8 Å². The molecule has 2 fully saturated rings. The first-order valence-electron chi connectivity index (χ1n) is 9.19. The van der Waals surface area contributed by atoms with Crippen LogP contribution in [-0.2, 0) is 9.47 Å². The summed E-state index contributed by atoms with van der Waals surface area (Å²) in [5.74, 6) is 1.03. The zero-order valence-corrected chi connectivity index (χ0v) is 14.5. The summed E-state index contributed by atoms with van der Waals surface area (Å²) in [6, 6.07) is 6.58. The van der Waals surface area contributed by atoms with Gasteiger partial charge in [-0.05, 0) is 30.9 Å². The lowest BCUT2D eigenvalue weighted by Gasteiger charge is -2.47. The SMILES string of the molecule is CCC(CC)[C@@H]1O[C@@H](c2ccc([N+](=O)[O-])cc2)O[C@H]2CCCC[C@H]21. The maximum Gasteiger partial charge on any atom is 0.269 e. The molecule has 1 aliphatic heterocycles. The minimum atomic E-state index is -0.407. The van der Waals surface area contributed by atoms with Crippen LogP contribution >= 0.6 is 0 Å². The monoisotopic (exact) mass is 333 g/mol. The standard InChI is InChI=1S/C19H27NO4/c1-3-13(4-2)18-16-7-5-6-8-17(16)23-19(24-18)14-9-11-15(12-10-14)20(21)22/h9-13,16-19H,3-8H2,1-2H3/t16-,17+,18+,19+/m1/s1. The van der Waals surface area contributed by atoms with Gasteiger partial charge in [-0.3, -0.25) is 10.1 Å². The third-order valence-corrected chi connectivity index (χ3v) is 5.64. The van der Waals surface area contributed by atoms with E-state index < -0.39 is 6.29 Å². The van der Waals surface area contributed by atoms with E-state index in [1.54, 1.807) is 12.1 Å². The maximum absolute atomic E-state index is 10.8. The van der Waals surface area contributed by atoms with E-state index in [1.165, 1.54) is 31.4 Å². The van der Waals surface area contributed by atoms with Crippen LogP contribution in [0.25, 0.3) is 0 Å². The molecule has 1 aliphatic carbocycles. The van der Waals surface area contributed by atoms with Crippen LogP contribution < -0.4 is 0 Å². The van der Waals surface area contributed by atoms with E-state index in [0.717, 1.165) is 24.8 Å². The Morgan fingerprint density at radius 1 is 1.12 bits per heavy atom. The molecule has 3 rings (SSSR count). The minimum absolute atomic E-state index is 0.0987. The molecular weight excluding hydrogens is 306 g/mol. The predicted molar refractivity (Wildman–Crippen MR) is 91.6 cm³/mol. The smallest absolute Gasteiger partial charge is 0.269 e. The van der Waals surface area contributed by atoms with Crippen molar-refractivity contribution in [1.82, 2.24) is 0 Å². The summed E-state index contributed by atoms with van der Waals surface area (Å²) in [7, 11) is 0. The average Bonchev–Trinajstić information content (AvgIpc) is 2.62. The number of nitro groups is 1. The Morgan fingerprint density at radius 3 is 2.42 bits per heavy atom. The summed E-state index contributed by atoms with van der Waals surface area (Å²) in [4.78, 5) is 10.5. The number of nitro benzene ring substituents is 1. The molecule has 0 bridgehead atoms. The van der Waals surface area contributed by atoms with Gasteiger partial charge in [0, 0.05) is 23.6 Å². The van der Waals surface area contributed by atoms with E-state index in [4.69, 9.17) is 9.47 Å². The Morgan fingerprint density at radius 2 is 1.79 bits per heavy atom. The molecule has 4 atom stereocenters. The third-order valence-electron chi connectivity index (χ3n) is 5.64. The number of nitrogens with zero attached hydrogens (tertiary/aromatic N) is 1. The molecule has 1 saturated heterocycles. The fourth-order valence-corrected chi connectivity index (χ4v) is 4.23. The van der Waals surface area contributed by atoms with Crippen LogP contribution in [0.1, 0.15) is 64.2 Å². The molecule has 132 valence electrons. The fraction of sp³-hybridized carbons (Fsp3) is 0.684. The molecule has 24 heavy (non-hydrogen) atoms. The highest BCUT2D eigenvalue weighted by molar-refractivity contribution is 5.33. The lowest BCUT2D eigenvalue weighted by molar-refractivity contribution is -0.384. The van der Waals surface area contributed by atoms with E-state index in [0.29, 0.717) is 11.8 Å². The normalized spacial score (nSPS) is 30.1. The van der Waals surface area contributed by atoms with E-state index in [-0.39, 0.29) is 22.8 Å². The van der Waals surface area contributed by atoms with Crippen molar-refractivity contribution >= 4 is 5.69 Å².